The Morgan fingerprint density at radius 3 is 2.61 bits per heavy atom. The summed E-state index contributed by atoms with van der Waals surface area (Å²) in [6.45, 7) is 2.35. The van der Waals surface area contributed by atoms with E-state index in [1.807, 2.05) is 55.3 Å². The number of rotatable bonds is 5. The van der Waals surface area contributed by atoms with E-state index in [2.05, 4.69) is 20.9 Å². The van der Waals surface area contributed by atoms with Crippen LogP contribution in [0, 0.1) is 12.8 Å². The van der Waals surface area contributed by atoms with Crippen molar-refractivity contribution in [1.82, 2.24) is 10.2 Å². The highest BCUT2D eigenvalue weighted by Crippen LogP contribution is 2.30. The van der Waals surface area contributed by atoms with Gasteiger partial charge in [0, 0.05) is 35.6 Å². The Labute approximate surface area is 181 Å². The number of hydrogen-bond acceptors (Lipinski definition) is 6. The zero-order chi connectivity index (χ0) is 22.0. The van der Waals surface area contributed by atoms with Crippen LogP contribution < -0.4 is 21.7 Å². The average molecular weight is 419 g/mol. The maximum absolute atomic E-state index is 12.9. The van der Waals surface area contributed by atoms with Crippen molar-refractivity contribution < 1.29 is 9.59 Å². The van der Waals surface area contributed by atoms with Crippen molar-refractivity contribution in [2.45, 2.75) is 19.8 Å². The Balaban J connectivity index is 1.44. The van der Waals surface area contributed by atoms with Crippen LogP contribution in [0.2, 0.25) is 0 Å². The highest BCUT2D eigenvalue weighted by Gasteiger charge is 2.29. The molecule has 2 amide bonds. The van der Waals surface area contributed by atoms with Crippen molar-refractivity contribution in [3.63, 3.8) is 0 Å². The van der Waals surface area contributed by atoms with Gasteiger partial charge >= 0.3 is 0 Å². The molecule has 0 saturated heterocycles. The predicted molar refractivity (Wildman–Crippen MR) is 123 cm³/mol. The van der Waals surface area contributed by atoms with E-state index < -0.39 is 0 Å². The van der Waals surface area contributed by atoms with Crippen molar-refractivity contribution in [2.75, 3.05) is 30.0 Å². The lowest BCUT2D eigenvalue weighted by Gasteiger charge is -2.26. The fraction of sp³-hybridized carbons (Fsp3) is 0.261. The first-order valence-electron chi connectivity index (χ1n) is 10.2. The standard InChI is InChI=1S/C23H26N6O2/c1-14-6-9-18(26-21(30)15-7-8-15)11-20(14)22(31)27-19-12-25-23(29(2)13-19)28-17-5-3-4-16(24)10-17/h3-6,9-12,15H,7-8,13,24H2,1-2H3,(H,25,28)(H,26,30)(H,27,31). The first-order valence-corrected chi connectivity index (χ1v) is 10.2. The van der Waals surface area contributed by atoms with Crippen molar-refractivity contribution in [3.8, 4) is 0 Å². The van der Waals surface area contributed by atoms with Gasteiger partial charge in [-0.15, -0.1) is 0 Å². The number of hydrogen-bond donors (Lipinski definition) is 4. The summed E-state index contributed by atoms with van der Waals surface area (Å²) in [5.74, 6) is 0.544. The Kier molecular flexibility index (Phi) is 5.62. The number of anilines is 3. The molecule has 160 valence electrons. The number of nitrogen functional groups attached to an aromatic ring is 1. The highest BCUT2D eigenvalue weighted by molar-refractivity contribution is 6.00. The number of aliphatic imine (C=N–C) groups is 1. The lowest BCUT2D eigenvalue weighted by molar-refractivity contribution is -0.117. The first kappa shape index (κ1) is 20.5. The fourth-order valence-electron chi connectivity index (χ4n) is 3.30. The number of nitrogens with two attached hydrogens (primary N) is 1. The van der Waals surface area contributed by atoms with Gasteiger partial charge in [0.15, 0.2) is 0 Å². The third kappa shape index (κ3) is 5.03. The summed E-state index contributed by atoms with van der Waals surface area (Å²) in [5.41, 5.74) is 9.99. The predicted octanol–water partition coefficient (Wildman–Crippen LogP) is 2.91. The van der Waals surface area contributed by atoms with Gasteiger partial charge in [-0.05, 0) is 55.7 Å². The molecule has 2 aliphatic rings. The molecule has 8 heteroatoms. The van der Waals surface area contributed by atoms with E-state index in [1.54, 1.807) is 12.3 Å². The minimum atomic E-state index is -0.234. The Morgan fingerprint density at radius 1 is 1.10 bits per heavy atom. The molecule has 0 unspecified atom stereocenters. The van der Waals surface area contributed by atoms with Crippen molar-refractivity contribution >= 4 is 34.8 Å². The Hall–Kier alpha value is -3.81. The minimum Gasteiger partial charge on any atom is -0.399 e. The number of likely N-dealkylation sites (N-methyl/N-ethyl adjacent to an activating group) is 1. The summed E-state index contributed by atoms with van der Waals surface area (Å²) in [6, 6.07) is 12.8. The summed E-state index contributed by atoms with van der Waals surface area (Å²) in [7, 11) is 1.89. The van der Waals surface area contributed by atoms with Gasteiger partial charge in [0.25, 0.3) is 5.91 Å². The Morgan fingerprint density at radius 2 is 1.90 bits per heavy atom. The van der Waals surface area contributed by atoms with Crippen LogP contribution in [-0.2, 0) is 4.79 Å². The van der Waals surface area contributed by atoms with Crippen molar-refractivity contribution in [2.24, 2.45) is 10.9 Å². The highest BCUT2D eigenvalue weighted by atomic mass is 16.2. The molecule has 1 saturated carbocycles. The zero-order valence-corrected chi connectivity index (χ0v) is 17.6. The topological polar surface area (TPSA) is 112 Å². The number of nitrogens with zero attached hydrogens (tertiary/aromatic N) is 2. The molecule has 8 nitrogen and oxygen atoms in total. The first-order chi connectivity index (χ1) is 14.9. The smallest absolute Gasteiger partial charge is 0.255 e. The fourth-order valence-corrected chi connectivity index (χ4v) is 3.30. The van der Waals surface area contributed by atoms with Crippen molar-refractivity contribution in [1.29, 1.82) is 0 Å². The average Bonchev–Trinajstić information content (AvgIpc) is 3.57. The molecule has 1 aliphatic heterocycles. The monoisotopic (exact) mass is 418 g/mol. The SMILES string of the molecule is Cc1ccc(NC(=O)C2CC2)cc1C(=O)NC1=CN=C(Nc2cccc(N)c2)N(C)C1. The van der Waals surface area contributed by atoms with Gasteiger partial charge in [0.2, 0.25) is 11.9 Å². The number of amides is 2. The lowest BCUT2D eigenvalue weighted by Crippen LogP contribution is -2.40. The molecular weight excluding hydrogens is 392 g/mol. The summed E-state index contributed by atoms with van der Waals surface area (Å²) in [6.07, 6.45) is 3.50. The number of nitrogens with one attached hydrogen (secondary N) is 3. The summed E-state index contributed by atoms with van der Waals surface area (Å²) < 4.78 is 0. The van der Waals surface area contributed by atoms with E-state index in [-0.39, 0.29) is 17.7 Å². The quantitative estimate of drug-likeness (QED) is 0.558. The molecule has 0 spiro atoms. The number of guanidine groups is 1. The molecule has 0 bridgehead atoms. The summed E-state index contributed by atoms with van der Waals surface area (Å²) in [4.78, 5) is 31.2. The third-order valence-corrected chi connectivity index (χ3v) is 5.23. The molecule has 4 rings (SSSR count). The van der Waals surface area contributed by atoms with Gasteiger partial charge in [0.1, 0.15) is 0 Å². The molecule has 0 atom stereocenters. The normalized spacial score (nSPS) is 15.6. The molecule has 5 N–H and O–H groups in total. The molecule has 2 aromatic rings. The van der Waals surface area contributed by atoms with Gasteiger partial charge in [-0.1, -0.05) is 12.1 Å². The van der Waals surface area contributed by atoms with E-state index in [0.717, 1.165) is 24.1 Å². The summed E-state index contributed by atoms with van der Waals surface area (Å²) >= 11 is 0. The van der Waals surface area contributed by atoms with Crippen LogP contribution in [0.4, 0.5) is 17.1 Å². The molecule has 0 aromatic heterocycles. The van der Waals surface area contributed by atoms with E-state index in [4.69, 9.17) is 5.73 Å². The maximum Gasteiger partial charge on any atom is 0.255 e. The number of carbonyl (C=O) groups is 2. The number of benzene rings is 2. The van der Waals surface area contributed by atoms with Crippen LogP contribution >= 0.6 is 0 Å². The molecule has 0 radical (unpaired) electrons. The lowest BCUT2D eigenvalue weighted by atomic mass is 10.1. The van der Waals surface area contributed by atoms with Crippen molar-refractivity contribution in [3.05, 3.63) is 65.5 Å². The molecule has 1 aliphatic carbocycles. The zero-order valence-electron chi connectivity index (χ0n) is 17.6. The van der Waals surface area contributed by atoms with E-state index >= 15 is 0 Å². The van der Waals surface area contributed by atoms with Crippen LogP contribution in [0.5, 0.6) is 0 Å². The van der Waals surface area contributed by atoms with Crippen LogP contribution in [0.15, 0.2) is 59.4 Å². The number of aryl methyl sites for hydroxylation is 1. The van der Waals surface area contributed by atoms with Crippen LogP contribution in [0.25, 0.3) is 0 Å². The Bertz CT molecular complexity index is 1090. The van der Waals surface area contributed by atoms with Gasteiger partial charge in [-0.25, -0.2) is 4.99 Å². The molecule has 2 aromatic carbocycles. The van der Waals surface area contributed by atoms with Gasteiger partial charge < -0.3 is 26.6 Å². The molecule has 31 heavy (non-hydrogen) atoms. The van der Waals surface area contributed by atoms with Gasteiger partial charge in [-0.3, -0.25) is 9.59 Å². The molecular formula is C23H26N6O2. The van der Waals surface area contributed by atoms with Crippen LogP contribution in [0.1, 0.15) is 28.8 Å². The minimum absolute atomic E-state index is 0.0152. The second-order valence-corrected chi connectivity index (χ2v) is 7.96. The van der Waals surface area contributed by atoms with E-state index in [1.165, 1.54) is 0 Å². The van der Waals surface area contributed by atoms with Gasteiger partial charge in [0.05, 0.1) is 18.4 Å². The van der Waals surface area contributed by atoms with E-state index in [0.29, 0.717) is 35.1 Å². The maximum atomic E-state index is 12.9. The second-order valence-electron chi connectivity index (χ2n) is 7.96. The van der Waals surface area contributed by atoms with Crippen LogP contribution in [0.3, 0.4) is 0 Å². The third-order valence-electron chi connectivity index (χ3n) is 5.23. The summed E-state index contributed by atoms with van der Waals surface area (Å²) in [5, 5.41) is 9.04. The second kappa shape index (κ2) is 8.51. The largest absolute Gasteiger partial charge is 0.399 e. The number of carbonyl (C=O) groups excluding carboxylic acids is 2. The molecule has 1 heterocycles. The van der Waals surface area contributed by atoms with Gasteiger partial charge in [-0.2, -0.15) is 0 Å². The van der Waals surface area contributed by atoms with E-state index in [9.17, 15) is 9.59 Å². The molecule has 1 fully saturated rings. The van der Waals surface area contributed by atoms with Crippen LogP contribution in [-0.4, -0.2) is 36.3 Å².